The van der Waals surface area contributed by atoms with Crippen molar-refractivity contribution < 1.29 is 4.79 Å². The summed E-state index contributed by atoms with van der Waals surface area (Å²) in [6, 6.07) is 21.1. The van der Waals surface area contributed by atoms with E-state index in [1.807, 2.05) is 17.0 Å². The molecule has 4 rings (SSSR count). The van der Waals surface area contributed by atoms with Crippen LogP contribution < -0.4 is 4.90 Å². The number of amides is 1. The normalized spacial score (nSPS) is 14.7. The first kappa shape index (κ1) is 14.0. The molecule has 0 spiro atoms. The Morgan fingerprint density at radius 1 is 0.913 bits per heavy atom. The lowest BCUT2D eigenvalue weighted by atomic mass is 9.97. The van der Waals surface area contributed by atoms with Gasteiger partial charge in [0.15, 0.2) is 0 Å². The van der Waals surface area contributed by atoms with Gasteiger partial charge in [-0.05, 0) is 24.3 Å². The SMILES string of the molecule is Cc1ccc(-c2ccc3ccccc3c2N2CCCC2=O)cc1. The fraction of sp³-hybridized carbons (Fsp3) is 0.190. The van der Waals surface area contributed by atoms with Crippen molar-refractivity contribution in [1.29, 1.82) is 0 Å². The van der Waals surface area contributed by atoms with Crippen LogP contribution in [-0.4, -0.2) is 12.5 Å². The third-order valence-electron chi connectivity index (χ3n) is 4.61. The first-order valence-electron chi connectivity index (χ1n) is 8.13. The first-order chi connectivity index (χ1) is 11.2. The molecule has 0 N–H and O–H groups in total. The molecule has 1 aliphatic heterocycles. The predicted molar refractivity (Wildman–Crippen MR) is 95.7 cm³/mol. The molecular weight excluding hydrogens is 282 g/mol. The van der Waals surface area contributed by atoms with Gasteiger partial charge in [-0.2, -0.15) is 0 Å². The number of carbonyl (C=O) groups is 1. The molecule has 0 saturated carbocycles. The van der Waals surface area contributed by atoms with E-state index >= 15 is 0 Å². The average Bonchev–Trinajstić information content (AvgIpc) is 3.00. The summed E-state index contributed by atoms with van der Waals surface area (Å²) in [5.41, 5.74) is 4.61. The molecule has 1 heterocycles. The summed E-state index contributed by atoms with van der Waals surface area (Å²) in [7, 11) is 0. The van der Waals surface area contributed by atoms with Gasteiger partial charge in [0.1, 0.15) is 0 Å². The van der Waals surface area contributed by atoms with E-state index < -0.39 is 0 Å². The number of anilines is 1. The number of benzene rings is 3. The van der Waals surface area contributed by atoms with E-state index in [4.69, 9.17) is 0 Å². The number of hydrogen-bond donors (Lipinski definition) is 0. The van der Waals surface area contributed by atoms with Crippen LogP contribution in [0.2, 0.25) is 0 Å². The fourth-order valence-corrected chi connectivity index (χ4v) is 3.40. The van der Waals surface area contributed by atoms with Gasteiger partial charge in [-0.15, -0.1) is 0 Å². The van der Waals surface area contributed by atoms with E-state index in [9.17, 15) is 4.79 Å². The maximum absolute atomic E-state index is 12.4. The fourth-order valence-electron chi connectivity index (χ4n) is 3.40. The number of rotatable bonds is 2. The van der Waals surface area contributed by atoms with Crippen LogP contribution in [0.4, 0.5) is 5.69 Å². The zero-order chi connectivity index (χ0) is 15.8. The summed E-state index contributed by atoms with van der Waals surface area (Å²) >= 11 is 0. The Balaban J connectivity index is 1.99. The number of nitrogens with zero attached hydrogens (tertiary/aromatic N) is 1. The molecule has 1 aliphatic rings. The van der Waals surface area contributed by atoms with E-state index in [1.54, 1.807) is 0 Å². The van der Waals surface area contributed by atoms with Crippen molar-refractivity contribution in [2.75, 3.05) is 11.4 Å². The van der Waals surface area contributed by atoms with Crippen molar-refractivity contribution in [3.63, 3.8) is 0 Å². The third-order valence-corrected chi connectivity index (χ3v) is 4.61. The molecule has 23 heavy (non-hydrogen) atoms. The second kappa shape index (κ2) is 5.54. The van der Waals surface area contributed by atoms with Gasteiger partial charge in [0.25, 0.3) is 0 Å². The molecule has 2 nitrogen and oxygen atoms in total. The summed E-state index contributed by atoms with van der Waals surface area (Å²) in [4.78, 5) is 14.4. The molecule has 3 aromatic carbocycles. The summed E-state index contributed by atoms with van der Waals surface area (Å²) in [6.45, 7) is 2.90. The Hall–Kier alpha value is -2.61. The highest BCUT2D eigenvalue weighted by molar-refractivity contribution is 6.10. The lowest BCUT2D eigenvalue weighted by Gasteiger charge is -2.22. The monoisotopic (exact) mass is 301 g/mol. The van der Waals surface area contributed by atoms with E-state index in [1.165, 1.54) is 10.9 Å². The summed E-state index contributed by atoms with van der Waals surface area (Å²) in [5, 5.41) is 2.33. The van der Waals surface area contributed by atoms with Gasteiger partial charge in [-0.3, -0.25) is 4.79 Å². The molecule has 1 amide bonds. The van der Waals surface area contributed by atoms with E-state index in [0.29, 0.717) is 6.42 Å². The molecule has 0 aliphatic carbocycles. The summed E-state index contributed by atoms with van der Waals surface area (Å²) < 4.78 is 0. The molecule has 0 bridgehead atoms. The van der Waals surface area contributed by atoms with Crippen LogP contribution in [-0.2, 0) is 4.79 Å². The number of hydrogen-bond acceptors (Lipinski definition) is 1. The van der Waals surface area contributed by atoms with E-state index in [0.717, 1.165) is 35.2 Å². The molecule has 1 saturated heterocycles. The van der Waals surface area contributed by atoms with Crippen LogP contribution in [0, 0.1) is 6.92 Å². The minimum absolute atomic E-state index is 0.231. The summed E-state index contributed by atoms with van der Waals surface area (Å²) in [6.07, 6.45) is 1.59. The van der Waals surface area contributed by atoms with Crippen LogP contribution in [0.1, 0.15) is 18.4 Å². The van der Waals surface area contributed by atoms with Crippen LogP contribution >= 0.6 is 0 Å². The number of fused-ring (bicyclic) bond motifs is 1. The topological polar surface area (TPSA) is 20.3 Å². The Labute approximate surface area is 136 Å². The van der Waals surface area contributed by atoms with Gasteiger partial charge >= 0.3 is 0 Å². The molecule has 0 radical (unpaired) electrons. The highest BCUT2D eigenvalue weighted by Gasteiger charge is 2.25. The Bertz CT molecular complexity index is 880. The van der Waals surface area contributed by atoms with Gasteiger partial charge in [-0.1, -0.05) is 66.2 Å². The standard InChI is InChI=1S/C21H19NO/c1-15-8-10-17(11-9-15)19-13-12-16-5-2-3-6-18(16)21(19)22-14-4-7-20(22)23/h2-3,5-6,8-13H,4,7,14H2,1H3. The minimum Gasteiger partial charge on any atom is -0.311 e. The Kier molecular flexibility index (Phi) is 3.38. The molecule has 0 unspecified atom stereocenters. The Morgan fingerprint density at radius 2 is 1.70 bits per heavy atom. The van der Waals surface area contributed by atoms with Gasteiger partial charge in [-0.25, -0.2) is 0 Å². The molecule has 0 atom stereocenters. The number of carbonyl (C=O) groups excluding carboxylic acids is 1. The molecule has 2 heteroatoms. The zero-order valence-corrected chi connectivity index (χ0v) is 13.3. The highest BCUT2D eigenvalue weighted by atomic mass is 16.2. The van der Waals surface area contributed by atoms with Crippen molar-refractivity contribution in [2.24, 2.45) is 0 Å². The third kappa shape index (κ3) is 2.40. The first-order valence-corrected chi connectivity index (χ1v) is 8.13. The van der Waals surface area contributed by atoms with Gasteiger partial charge in [0.2, 0.25) is 5.91 Å². The van der Waals surface area contributed by atoms with E-state index in [2.05, 4.69) is 55.5 Å². The molecule has 0 aromatic heterocycles. The quantitative estimate of drug-likeness (QED) is 0.656. The van der Waals surface area contributed by atoms with Gasteiger partial charge in [0, 0.05) is 23.9 Å². The number of aryl methyl sites for hydroxylation is 1. The maximum Gasteiger partial charge on any atom is 0.227 e. The van der Waals surface area contributed by atoms with Gasteiger partial charge < -0.3 is 4.90 Å². The van der Waals surface area contributed by atoms with E-state index in [-0.39, 0.29) is 5.91 Å². The van der Waals surface area contributed by atoms with Crippen molar-refractivity contribution in [3.8, 4) is 11.1 Å². The van der Waals surface area contributed by atoms with Crippen LogP contribution in [0.5, 0.6) is 0 Å². The van der Waals surface area contributed by atoms with Gasteiger partial charge in [0.05, 0.1) is 5.69 Å². The van der Waals surface area contributed by atoms with Crippen LogP contribution in [0.15, 0.2) is 60.7 Å². The largest absolute Gasteiger partial charge is 0.311 e. The maximum atomic E-state index is 12.4. The smallest absolute Gasteiger partial charge is 0.227 e. The van der Waals surface area contributed by atoms with Crippen molar-refractivity contribution in [3.05, 3.63) is 66.2 Å². The molecule has 1 fully saturated rings. The lowest BCUT2D eigenvalue weighted by Crippen LogP contribution is -2.24. The Morgan fingerprint density at radius 3 is 2.43 bits per heavy atom. The molecular formula is C21H19NO. The molecule has 3 aromatic rings. The van der Waals surface area contributed by atoms with Crippen molar-refractivity contribution >= 4 is 22.4 Å². The minimum atomic E-state index is 0.231. The predicted octanol–water partition coefficient (Wildman–Crippen LogP) is 4.94. The van der Waals surface area contributed by atoms with Crippen LogP contribution in [0.25, 0.3) is 21.9 Å². The average molecular weight is 301 g/mol. The second-order valence-electron chi connectivity index (χ2n) is 6.20. The zero-order valence-electron chi connectivity index (χ0n) is 13.3. The second-order valence-corrected chi connectivity index (χ2v) is 6.20. The lowest BCUT2D eigenvalue weighted by molar-refractivity contribution is -0.117. The highest BCUT2D eigenvalue weighted by Crippen LogP contribution is 2.39. The summed E-state index contributed by atoms with van der Waals surface area (Å²) in [5.74, 6) is 0.231. The van der Waals surface area contributed by atoms with Crippen molar-refractivity contribution in [2.45, 2.75) is 19.8 Å². The van der Waals surface area contributed by atoms with Crippen LogP contribution in [0.3, 0.4) is 0 Å². The van der Waals surface area contributed by atoms with Crippen molar-refractivity contribution in [1.82, 2.24) is 0 Å². The molecule has 114 valence electrons.